The number of hydrogen-bond donors (Lipinski definition) is 3. The predicted octanol–water partition coefficient (Wildman–Crippen LogP) is 6.65. The fourth-order valence-corrected chi connectivity index (χ4v) is 7.94. The highest BCUT2D eigenvalue weighted by Gasteiger charge is 2.29. The van der Waals surface area contributed by atoms with Gasteiger partial charge in [-0.05, 0) is 70.5 Å². The standard InChI is InChI=1S/C37H46ClN8O3P/c1-25-9-8-10-26(21-25)36(47)41-30-22-31(33(49-3)23-32(30)46-15-13-27(14-16-46)45-19-17-44(2)18-20-45)42-37-39-24-28(38)35(43-37)40-29-11-6-7-12-34(29)50(4,5)48/h6-12,21-24,27H,13-20H2,1-5H3,(H,41,47)(H2,39,40,42,43). The lowest BCUT2D eigenvalue weighted by Gasteiger charge is -2.43. The predicted molar refractivity (Wildman–Crippen MR) is 206 cm³/mol. The molecule has 2 aliphatic heterocycles. The summed E-state index contributed by atoms with van der Waals surface area (Å²) in [5, 5.41) is 10.7. The van der Waals surface area contributed by atoms with Crippen LogP contribution < -0.4 is 30.9 Å². The van der Waals surface area contributed by atoms with Gasteiger partial charge in [0.2, 0.25) is 5.95 Å². The van der Waals surface area contributed by atoms with Gasteiger partial charge in [-0.25, -0.2) is 4.98 Å². The summed E-state index contributed by atoms with van der Waals surface area (Å²) in [6, 6.07) is 19.3. The molecule has 0 bridgehead atoms. The van der Waals surface area contributed by atoms with Crippen molar-refractivity contribution in [1.82, 2.24) is 19.8 Å². The lowest BCUT2D eigenvalue weighted by molar-refractivity contribution is 0.0981. The van der Waals surface area contributed by atoms with Crippen LogP contribution in [0, 0.1) is 6.92 Å². The molecule has 4 aromatic rings. The molecule has 0 saturated carbocycles. The Bertz CT molecular complexity index is 1890. The first kappa shape index (κ1) is 35.7. The van der Waals surface area contributed by atoms with Gasteiger partial charge >= 0.3 is 0 Å². The Hall–Kier alpha value is -4.15. The molecular weight excluding hydrogens is 671 g/mol. The van der Waals surface area contributed by atoms with E-state index in [0.717, 1.165) is 63.4 Å². The van der Waals surface area contributed by atoms with Gasteiger partial charge in [0.25, 0.3) is 5.91 Å². The fraction of sp³-hybridized carbons (Fsp3) is 0.378. The Morgan fingerprint density at radius 2 is 1.66 bits per heavy atom. The summed E-state index contributed by atoms with van der Waals surface area (Å²) in [4.78, 5) is 30.0. The molecule has 11 nitrogen and oxygen atoms in total. The molecule has 1 aromatic heterocycles. The first-order valence-electron chi connectivity index (χ1n) is 17.0. The van der Waals surface area contributed by atoms with E-state index in [4.69, 9.17) is 16.3 Å². The molecule has 2 aliphatic rings. The molecule has 0 aliphatic carbocycles. The number of aryl methyl sites for hydroxylation is 1. The van der Waals surface area contributed by atoms with Crippen LogP contribution in [-0.4, -0.2) is 98.5 Å². The van der Waals surface area contributed by atoms with Gasteiger partial charge in [-0.2, -0.15) is 4.98 Å². The highest BCUT2D eigenvalue weighted by molar-refractivity contribution is 7.70. The van der Waals surface area contributed by atoms with Gasteiger partial charge in [-0.3, -0.25) is 9.69 Å². The molecule has 50 heavy (non-hydrogen) atoms. The van der Waals surface area contributed by atoms with Crippen molar-refractivity contribution in [1.29, 1.82) is 0 Å². The Labute approximate surface area is 299 Å². The minimum absolute atomic E-state index is 0.199. The topological polar surface area (TPSA) is 115 Å². The third-order valence-electron chi connectivity index (χ3n) is 9.43. The van der Waals surface area contributed by atoms with Crippen LogP contribution in [0.1, 0.15) is 28.8 Å². The number of piperidine rings is 1. The zero-order chi connectivity index (χ0) is 35.4. The maximum atomic E-state index is 13.6. The van der Waals surface area contributed by atoms with E-state index in [1.165, 1.54) is 6.20 Å². The molecule has 3 heterocycles. The Morgan fingerprint density at radius 1 is 0.920 bits per heavy atom. The van der Waals surface area contributed by atoms with Crippen LogP contribution >= 0.6 is 18.7 Å². The molecule has 3 N–H and O–H groups in total. The average Bonchev–Trinajstić information content (AvgIpc) is 3.10. The van der Waals surface area contributed by atoms with Crippen molar-refractivity contribution < 1.29 is 14.1 Å². The van der Waals surface area contributed by atoms with Crippen molar-refractivity contribution in [3.05, 3.63) is 83.0 Å². The summed E-state index contributed by atoms with van der Waals surface area (Å²) in [6.45, 7) is 11.5. The molecule has 2 fully saturated rings. The first-order valence-corrected chi connectivity index (χ1v) is 19.9. The smallest absolute Gasteiger partial charge is 0.255 e. The number of piperazine rings is 1. The van der Waals surface area contributed by atoms with Crippen LogP contribution in [0.5, 0.6) is 5.75 Å². The number of rotatable bonds is 10. The van der Waals surface area contributed by atoms with Crippen molar-refractivity contribution in [2.24, 2.45) is 0 Å². The molecular formula is C37H46ClN8O3P. The monoisotopic (exact) mass is 716 g/mol. The number of para-hydroxylation sites is 1. The van der Waals surface area contributed by atoms with Crippen molar-refractivity contribution in [3.63, 3.8) is 0 Å². The van der Waals surface area contributed by atoms with E-state index < -0.39 is 7.14 Å². The zero-order valence-corrected chi connectivity index (χ0v) is 31.0. The second-order valence-corrected chi connectivity index (χ2v) is 17.0. The maximum absolute atomic E-state index is 13.6. The summed E-state index contributed by atoms with van der Waals surface area (Å²) < 4.78 is 18.9. The average molecular weight is 717 g/mol. The van der Waals surface area contributed by atoms with E-state index in [-0.39, 0.29) is 11.9 Å². The van der Waals surface area contributed by atoms with Crippen LogP contribution in [0.4, 0.5) is 34.5 Å². The number of amides is 1. The van der Waals surface area contributed by atoms with Crippen LogP contribution in [0.2, 0.25) is 5.02 Å². The van der Waals surface area contributed by atoms with Crippen molar-refractivity contribution in [2.75, 3.05) is 87.6 Å². The van der Waals surface area contributed by atoms with Gasteiger partial charge < -0.3 is 35.1 Å². The van der Waals surface area contributed by atoms with Crippen LogP contribution in [0.25, 0.3) is 0 Å². The van der Waals surface area contributed by atoms with E-state index in [9.17, 15) is 9.36 Å². The molecule has 0 radical (unpaired) electrons. The largest absolute Gasteiger partial charge is 0.494 e. The van der Waals surface area contributed by atoms with Crippen molar-refractivity contribution in [3.8, 4) is 5.75 Å². The van der Waals surface area contributed by atoms with Gasteiger partial charge in [-0.15, -0.1) is 0 Å². The summed E-state index contributed by atoms with van der Waals surface area (Å²) >= 11 is 6.53. The number of ether oxygens (including phenoxy) is 1. The van der Waals surface area contributed by atoms with Gasteiger partial charge in [0.05, 0.1) is 36.1 Å². The minimum atomic E-state index is -2.58. The zero-order valence-electron chi connectivity index (χ0n) is 29.4. The van der Waals surface area contributed by atoms with E-state index in [1.807, 2.05) is 67.6 Å². The molecule has 0 atom stereocenters. The SMILES string of the molecule is COc1cc(N2CCC(N3CCN(C)CC3)CC2)c(NC(=O)c2cccc(C)c2)cc1Nc1ncc(Cl)c(Nc2ccccc2P(C)(C)=O)n1. The third-order valence-corrected chi connectivity index (χ3v) is 11.3. The third kappa shape index (κ3) is 8.41. The Morgan fingerprint density at radius 3 is 2.36 bits per heavy atom. The summed E-state index contributed by atoms with van der Waals surface area (Å²) in [7, 11) is 1.22. The van der Waals surface area contributed by atoms with Gasteiger partial charge in [0.1, 0.15) is 17.9 Å². The highest BCUT2D eigenvalue weighted by atomic mass is 35.5. The lowest BCUT2D eigenvalue weighted by Crippen LogP contribution is -2.52. The number of anilines is 6. The number of methoxy groups -OCH3 is 1. The molecule has 0 spiro atoms. The van der Waals surface area contributed by atoms with E-state index in [0.29, 0.717) is 50.6 Å². The van der Waals surface area contributed by atoms with Gasteiger partial charge in [0.15, 0.2) is 5.82 Å². The van der Waals surface area contributed by atoms with E-state index in [1.54, 1.807) is 20.4 Å². The number of halogens is 1. The summed E-state index contributed by atoms with van der Waals surface area (Å²) in [5.41, 5.74) is 4.37. The van der Waals surface area contributed by atoms with Crippen LogP contribution in [0.15, 0.2) is 66.9 Å². The lowest BCUT2D eigenvalue weighted by atomic mass is 10.0. The van der Waals surface area contributed by atoms with Crippen molar-refractivity contribution >= 4 is 64.5 Å². The van der Waals surface area contributed by atoms with Crippen LogP contribution in [-0.2, 0) is 4.57 Å². The summed E-state index contributed by atoms with van der Waals surface area (Å²) in [5.74, 6) is 0.999. The molecule has 264 valence electrons. The number of hydrogen-bond acceptors (Lipinski definition) is 10. The second kappa shape index (κ2) is 15.4. The van der Waals surface area contributed by atoms with Gasteiger partial charge in [0, 0.05) is 62.2 Å². The number of aromatic nitrogens is 2. The number of carbonyl (C=O) groups excluding carboxylic acids is 1. The van der Waals surface area contributed by atoms with Crippen LogP contribution in [0.3, 0.4) is 0 Å². The molecule has 6 rings (SSSR count). The maximum Gasteiger partial charge on any atom is 0.255 e. The fourth-order valence-electron chi connectivity index (χ4n) is 6.65. The molecule has 2 saturated heterocycles. The normalized spacial score (nSPS) is 16.2. The summed E-state index contributed by atoms with van der Waals surface area (Å²) in [6.07, 6.45) is 3.59. The highest BCUT2D eigenvalue weighted by Crippen LogP contribution is 2.41. The van der Waals surface area contributed by atoms with Crippen molar-refractivity contribution in [2.45, 2.75) is 25.8 Å². The first-order chi connectivity index (χ1) is 24.0. The quantitative estimate of drug-likeness (QED) is 0.154. The Kier molecular flexibility index (Phi) is 11.0. The van der Waals surface area contributed by atoms with E-state index >= 15 is 0 Å². The number of carbonyl (C=O) groups is 1. The number of benzene rings is 3. The molecule has 0 unspecified atom stereocenters. The number of nitrogens with zero attached hydrogens (tertiary/aromatic N) is 5. The second-order valence-electron chi connectivity index (χ2n) is 13.5. The Balaban J connectivity index is 1.29. The van der Waals surface area contributed by atoms with E-state index in [2.05, 4.69) is 47.7 Å². The van der Waals surface area contributed by atoms with Gasteiger partial charge in [-0.1, -0.05) is 41.4 Å². The molecule has 13 heteroatoms. The molecule has 3 aromatic carbocycles. The number of nitrogens with one attached hydrogen (secondary N) is 3. The minimum Gasteiger partial charge on any atom is -0.494 e. The molecule has 1 amide bonds. The number of likely N-dealkylation sites (N-methyl/N-ethyl adjacent to an activating group) is 1.